The second-order valence-corrected chi connectivity index (χ2v) is 7.07. The van der Waals surface area contributed by atoms with Gasteiger partial charge in [-0.25, -0.2) is 5.84 Å². The summed E-state index contributed by atoms with van der Waals surface area (Å²) < 4.78 is 0.962. The van der Waals surface area contributed by atoms with Gasteiger partial charge >= 0.3 is 0 Å². The number of hydrogen-bond acceptors (Lipinski definition) is 3. The summed E-state index contributed by atoms with van der Waals surface area (Å²) in [5.41, 5.74) is 4.40. The minimum absolute atomic E-state index is 0.267. The van der Waals surface area contributed by atoms with Crippen LogP contribution in [0.15, 0.2) is 22.7 Å². The zero-order chi connectivity index (χ0) is 14.8. The fourth-order valence-corrected chi connectivity index (χ4v) is 2.96. The van der Waals surface area contributed by atoms with Crippen molar-refractivity contribution in [1.29, 1.82) is 0 Å². The van der Waals surface area contributed by atoms with Crippen LogP contribution in [0.2, 0.25) is 0 Å². The van der Waals surface area contributed by atoms with Crippen LogP contribution in [0.25, 0.3) is 0 Å². The van der Waals surface area contributed by atoms with E-state index in [1.807, 2.05) is 18.2 Å². The van der Waals surface area contributed by atoms with Gasteiger partial charge in [0.2, 0.25) is 0 Å². The summed E-state index contributed by atoms with van der Waals surface area (Å²) in [6.07, 6.45) is 2.47. The summed E-state index contributed by atoms with van der Waals surface area (Å²) in [6, 6.07) is 5.63. The number of hydrazine groups is 1. The van der Waals surface area contributed by atoms with Crippen LogP contribution in [0.1, 0.15) is 42.6 Å². The number of carbonyl (C=O) groups excluding carboxylic acids is 1. The summed E-state index contributed by atoms with van der Waals surface area (Å²) in [4.78, 5) is 13.9. The van der Waals surface area contributed by atoms with Crippen LogP contribution >= 0.6 is 15.9 Å². The molecule has 1 aliphatic heterocycles. The molecule has 1 amide bonds. The monoisotopic (exact) mass is 339 g/mol. The summed E-state index contributed by atoms with van der Waals surface area (Å²) in [6.45, 7) is 7.84. The van der Waals surface area contributed by atoms with Crippen molar-refractivity contribution in [3.63, 3.8) is 0 Å². The van der Waals surface area contributed by atoms with Crippen molar-refractivity contribution in [1.82, 2.24) is 10.3 Å². The second-order valence-electron chi connectivity index (χ2n) is 6.22. The maximum Gasteiger partial charge on any atom is 0.265 e. The Morgan fingerprint density at radius 2 is 2.05 bits per heavy atom. The number of hydrogen-bond donors (Lipinski definition) is 2. The molecule has 5 heteroatoms. The molecule has 0 spiro atoms. The lowest BCUT2D eigenvalue weighted by Gasteiger charge is -2.37. The van der Waals surface area contributed by atoms with Crippen LogP contribution in [-0.2, 0) is 6.54 Å². The number of nitrogen functional groups attached to an aromatic ring is 1. The van der Waals surface area contributed by atoms with E-state index in [1.165, 1.54) is 18.4 Å². The average molecular weight is 340 g/mol. The predicted molar refractivity (Wildman–Crippen MR) is 84.1 cm³/mol. The first-order valence-electron chi connectivity index (χ1n) is 6.93. The van der Waals surface area contributed by atoms with Crippen molar-refractivity contribution >= 4 is 21.8 Å². The molecule has 0 unspecified atom stereocenters. The minimum atomic E-state index is -0.267. The third kappa shape index (κ3) is 3.81. The van der Waals surface area contributed by atoms with Crippen molar-refractivity contribution in [2.24, 2.45) is 11.3 Å². The maximum atomic E-state index is 11.5. The lowest BCUT2D eigenvalue weighted by molar-refractivity contribution is 0.0953. The van der Waals surface area contributed by atoms with Gasteiger partial charge in [0.05, 0.1) is 0 Å². The van der Waals surface area contributed by atoms with Crippen LogP contribution in [0, 0.1) is 5.41 Å². The largest absolute Gasteiger partial charge is 0.299 e. The highest BCUT2D eigenvalue weighted by Crippen LogP contribution is 2.31. The summed E-state index contributed by atoms with van der Waals surface area (Å²) in [5, 5.41) is 0. The number of likely N-dealkylation sites (tertiary alicyclic amines) is 1. The second kappa shape index (κ2) is 6.24. The highest BCUT2D eigenvalue weighted by atomic mass is 79.9. The molecule has 0 aromatic heterocycles. The van der Waals surface area contributed by atoms with Gasteiger partial charge in [-0.1, -0.05) is 35.8 Å². The number of nitrogens with one attached hydrogen (secondary N) is 1. The smallest absolute Gasteiger partial charge is 0.265 e. The molecular formula is C15H22BrN3O. The zero-order valence-electron chi connectivity index (χ0n) is 12.1. The number of piperidine rings is 1. The van der Waals surface area contributed by atoms with Gasteiger partial charge in [0, 0.05) is 16.6 Å². The average Bonchev–Trinajstić information content (AvgIpc) is 2.42. The van der Waals surface area contributed by atoms with E-state index in [1.54, 1.807) is 0 Å². The molecule has 1 aliphatic rings. The Bertz CT molecular complexity index is 492. The van der Waals surface area contributed by atoms with Crippen molar-refractivity contribution in [3.8, 4) is 0 Å². The Hall–Kier alpha value is -0.910. The van der Waals surface area contributed by atoms with E-state index in [2.05, 4.69) is 40.1 Å². The van der Waals surface area contributed by atoms with Crippen molar-refractivity contribution in [2.45, 2.75) is 33.2 Å². The summed E-state index contributed by atoms with van der Waals surface area (Å²) in [5.74, 6) is 4.88. The van der Waals surface area contributed by atoms with E-state index in [0.29, 0.717) is 11.0 Å². The number of halogens is 1. The summed E-state index contributed by atoms with van der Waals surface area (Å²) in [7, 11) is 0. The molecule has 110 valence electrons. The zero-order valence-corrected chi connectivity index (χ0v) is 13.7. The predicted octanol–water partition coefficient (Wildman–Crippen LogP) is 2.67. The number of nitrogens with two attached hydrogens (primary N) is 1. The lowest BCUT2D eigenvalue weighted by Crippen LogP contribution is -2.36. The SMILES string of the molecule is CC1(C)CCN(Cc2ccc(C(=O)NN)cc2Br)CC1. The van der Waals surface area contributed by atoms with Gasteiger partial charge in [-0.2, -0.15) is 0 Å². The first-order valence-corrected chi connectivity index (χ1v) is 7.72. The summed E-state index contributed by atoms with van der Waals surface area (Å²) >= 11 is 3.55. The minimum Gasteiger partial charge on any atom is -0.299 e. The molecule has 1 saturated heterocycles. The van der Waals surface area contributed by atoms with Gasteiger partial charge in [0.25, 0.3) is 5.91 Å². The van der Waals surface area contributed by atoms with Crippen molar-refractivity contribution in [2.75, 3.05) is 13.1 Å². The number of rotatable bonds is 3. The van der Waals surface area contributed by atoms with Gasteiger partial charge in [-0.3, -0.25) is 15.1 Å². The van der Waals surface area contributed by atoms with E-state index in [-0.39, 0.29) is 5.91 Å². The molecule has 0 atom stereocenters. The molecule has 0 bridgehead atoms. The number of benzene rings is 1. The van der Waals surface area contributed by atoms with E-state index in [9.17, 15) is 4.79 Å². The molecule has 1 aromatic carbocycles. The van der Waals surface area contributed by atoms with Crippen molar-refractivity contribution in [3.05, 3.63) is 33.8 Å². The quantitative estimate of drug-likeness (QED) is 0.505. The molecule has 0 aliphatic carbocycles. The lowest BCUT2D eigenvalue weighted by atomic mass is 9.82. The highest BCUT2D eigenvalue weighted by molar-refractivity contribution is 9.10. The standard InChI is InChI=1S/C15H22BrN3O/c1-15(2)5-7-19(8-6-15)10-12-4-3-11(9-13(12)16)14(20)18-17/h3-4,9H,5-8,10,17H2,1-2H3,(H,18,20). The fourth-order valence-electron chi connectivity index (χ4n) is 2.46. The Morgan fingerprint density at radius 1 is 1.40 bits per heavy atom. The Kier molecular flexibility index (Phi) is 4.83. The normalized spacial score (nSPS) is 18.8. The topological polar surface area (TPSA) is 58.4 Å². The van der Waals surface area contributed by atoms with E-state index >= 15 is 0 Å². The molecule has 1 aromatic rings. The van der Waals surface area contributed by atoms with E-state index in [4.69, 9.17) is 5.84 Å². The van der Waals surface area contributed by atoms with Gasteiger partial charge in [0.1, 0.15) is 0 Å². The molecule has 0 saturated carbocycles. The highest BCUT2D eigenvalue weighted by Gasteiger charge is 2.25. The Morgan fingerprint density at radius 3 is 2.60 bits per heavy atom. The molecule has 20 heavy (non-hydrogen) atoms. The Labute approximate surface area is 128 Å². The molecular weight excluding hydrogens is 318 g/mol. The van der Waals surface area contributed by atoms with Crippen molar-refractivity contribution < 1.29 is 4.79 Å². The Balaban J connectivity index is 2.02. The molecule has 0 radical (unpaired) electrons. The van der Waals surface area contributed by atoms with E-state index < -0.39 is 0 Å². The number of amides is 1. The first kappa shape index (κ1) is 15.5. The molecule has 2 rings (SSSR count). The van der Waals surface area contributed by atoms with Gasteiger partial charge in [-0.05, 0) is 49.0 Å². The third-order valence-electron chi connectivity index (χ3n) is 4.05. The fraction of sp³-hybridized carbons (Fsp3) is 0.533. The van der Waals surface area contributed by atoms with Gasteiger partial charge in [-0.15, -0.1) is 0 Å². The molecule has 1 heterocycles. The number of nitrogens with zero attached hydrogens (tertiary/aromatic N) is 1. The van der Waals surface area contributed by atoms with Crippen LogP contribution in [0.4, 0.5) is 0 Å². The maximum absolute atomic E-state index is 11.5. The van der Waals surface area contributed by atoms with Gasteiger partial charge in [0.15, 0.2) is 0 Å². The molecule has 3 N–H and O–H groups in total. The van der Waals surface area contributed by atoms with Crippen LogP contribution in [0.5, 0.6) is 0 Å². The van der Waals surface area contributed by atoms with Crippen LogP contribution in [0.3, 0.4) is 0 Å². The number of carbonyl (C=O) groups is 1. The molecule has 1 fully saturated rings. The first-order chi connectivity index (χ1) is 9.41. The van der Waals surface area contributed by atoms with Gasteiger partial charge < -0.3 is 0 Å². The third-order valence-corrected chi connectivity index (χ3v) is 4.79. The van der Waals surface area contributed by atoms with Crippen LogP contribution < -0.4 is 11.3 Å². The molecule has 4 nitrogen and oxygen atoms in total. The van der Waals surface area contributed by atoms with E-state index in [0.717, 1.165) is 24.1 Å². The van der Waals surface area contributed by atoms with Crippen LogP contribution in [-0.4, -0.2) is 23.9 Å².